The highest BCUT2D eigenvalue weighted by Crippen LogP contribution is 2.17. The minimum atomic E-state index is -0.679. The quantitative estimate of drug-likeness (QED) is 0.852. The normalized spacial score (nSPS) is 11.1. The summed E-state index contributed by atoms with van der Waals surface area (Å²) in [6, 6.07) is 4.78. The fraction of sp³-hybridized carbons (Fsp3) is 0.400. The zero-order valence-electron chi connectivity index (χ0n) is 12.0. The number of aromatic nitrogens is 1. The average Bonchev–Trinajstić information content (AvgIpc) is 2.83. The summed E-state index contributed by atoms with van der Waals surface area (Å²) >= 11 is 0. The van der Waals surface area contributed by atoms with Crippen LogP contribution < -0.4 is 10.1 Å². The number of benzene rings is 1. The molecule has 0 saturated carbocycles. The van der Waals surface area contributed by atoms with Gasteiger partial charge in [0.1, 0.15) is 24.0 Å². The third kappa shape index (κ3) is 5.15. The summed E-state index contributed by atoms with van der Waals surface area (Å²) < 4.78 is 36.4. The van der Waals surface area contributed by atoms with Crippen molar-refractivity contribution in [2.75, 3.05) is 6.54 Å². The minimum Gasteiger partial charge on any atom is -0.485 e. The first-order valence-electron chi connectivity index (χ1n) is 6.77. The highest BCUT2D eigenvalue weighted by atomic mass is 19.1. The Bertz CT molecular complexity index is 565. The summed E-state index contributed by atoms with van der Waals surface area (Å²) in [6.07, 6.45) is 0. The maximum Gasteiger partial charge on any atom is 0.174 e. The van der Waals surface area contributed by atoms with E-state index in [1.807, 2.05) is 0 Å². The van der Waals surface area contributed by atoms with E-state index in [2.05, 4.69) is 24.3 Å². The topological polar surface area (TPSA) is 47.3 Å². The molecule has 0 fully saturated rings. The highest BCUT2D eigenvalue weighted by Gasteiger charge is 2.07. The van der Waals surface area contributed by atoms with E-state index in [0.29, 0.717) is 18.2 Å². The van der Waals surface area contributed by atoms with Crippen molar-refractivity contribution in [2.24, 2.45) is 5.92 Å². The van der Waals surface area contributed by atoms with Crippen molar-refractivity contribution < 1.29 is 18.0 Å². The van der Waals surface area contributed by atoms with Crippen LogP contribution in [0.2, 0.25) is 0 Å². The van der Waals surface area contributed by atoms with E-state index >= 15 is 0 Å². The Morgan fingerprint density at radius 1 is 1.19 bits per heavy atom. The fourth-order valence-electron chi connectivity index (χ4n) is 1.76. The zero-order chi connectivity index (χ0) is 15.2. The van der Waals surface area contributed by atoms with Crippen molar-refractivity contribution in [2.45, 2.75) is 27.0 Å². The van der Waals surface area contributed by atoms with E-state index in [1.165, 1.54) is 0 Å². The number of hydrogen-bond donors (Lipinski definition) is 1. The van der Waals surface area contributed by atoms with Crippen LogP contribution in [0.5, 0.6) is 5.75 Å². The first kappa shape index (κ1) is 15.4. The molecule has 0 spiro atoms. The number of ether oxygens (including phenoxy) is 1. The molecule has 0 amide bonds. The van der Waals surface area contributed by atoms with Gasteiger partial charge in [-0.3, -0.25) is 0 Å². The molecule has 0 aliphatic carbocycles. The second kappa shape index (κ2) is 7.17. The highest BCUT2D eigenvalue weighted by molar-refractivity contribution is 5.24. The second-order valence-electron chi connectivity index (χ2n) is 5.20. The van der Waals surface area contributed by atoms with Crippen molar-refractivity contribution in [1.29, 1.82) is 0 Å². The summed E-state index contributed by atoms with van der Waals surface area (Å²) in [5.74, 6) is -0.186. The van der Waals surface area contributed by atoms with Crippen LogP contribution in [-0.2, 0) is 13.2 Å². The summed E-state index contributed by atoms with van der Waals surface area (Å²) in [5, 5.41) is 7.14. The van der Waals surface area contributed by atoms with E-state index in [9.17, 15) is 8.78 Å². The minimum absolute atomic E-state index is 0.0695. The number of hydrogen-bond acceptors (Lipinski definition) is 4. The van der Waals surface area contributed by atoms with Crippen LogP contribution in [0, 0.1) is 17.6 Å². The van der Waals surface area contributed by atoms with Gasteiger partial charge in [-0.1, -0.05) is 19.0 Å². The Morgan fingerprint density at radius 3 is 2.57 bits per heavy atom. The van der Waals surface area contributed by atoms with Gasteiger partial charge in [0.15, 0.2) is 5.76 Å². The van der Waals surface area contributed by atoms with Crippen LogP contribution in [0.25, 0.3) is 0 Å². The van der Waals surface area contributed by atoms with Crippen molar-refractivity contribution in [1.82, 2.24) is 10.5 Å². The first-order chi connectivity index (χ1) is 10.0. The van der Waals surface area contributed by atoms with Gasteiger partial charge < -0.3 is 14.6 Å². The molecule has 6 heteroatoms. The largest absolute Gasteiger partial charge is 0.485 e. The van der Waals surface area contributed by atoms with E-state index in [4.69, 9.17) is 9.26 Å². The zero-order valence-corrected chi connectivity index (χ0v) is 12.0. The molecular weight excluding hydrogens is 278 g/mol. The van der Waals surface area contributed by atoms with Crippen LogP contribution in [0.1, 0.15) is 25.3 Å². The molecule has 0 bridgehead atoms. The molecule has 114 valence electrons. The van der Waals surface area contributed by atoms with Crippen LogP contribution in [0.4, 0.5) is 8.78 Å². The van der Waals surface area contributed by atoms with Gasteiger partial charge in [-0.05, 0) is 12.5 Å². The van der Waals surface area contributed by atoms with Gasteiger partial charge in [0.2, 0.25) is 0 Å². The predicted molar refractivity (Wildman–Crippen MR) is 73.7 cm³/mol. The monoisotopic (exact) mass is 296 g/mol. The van der Waals surface area contributed by atoms with Crippen LogP contribution in [0.3, 0.4) is 0 Å². The van der Waals surface area contributed by atoms with Gasteiger partial charge in [0.05, 0.1) is 5.69 Å². The Balaban J connectivity index is 1.85. The Morgan fingerprint density at radius 2 is 1.90 bits per heavy atom. The third-order valence-electron chi connectivity index (χ3n) is 2.68. The van der Waals surface area contributed by atoms with Gasteiger partial charge in [-0.2, -0.15) is 0 Å². The van der Waals surface area contributed by atoms with Crippen LogP contribution in [-0.4, -0.2) is 11.7 Å². The summed E-state index contributed by atoms with van der Waals surface area (Å²) in [6.45, 7) is 5.80. The SMILES string of the molecule is CC(C)CNCc1cc(COc2cc(F)cc(F)c2)on1. The summed E-state index contributed by atoms with van der Waals surface area (Å²) in [4.78, 5) is 0. The third-order valence-corrected chi connectivity index (χ3v) is 2.68. The Labute approximate surface area is 122 Å². The molecule has 0 aliphatic rings. The van der Waals surface area contributed by atoms with Crippen molar-refractivity contribution in [3.05, 3.63) is 47.4 Å². The smallest absolute Gasteiger partial charge is 0.174 e. The Kier molecular flexibility index (Phi) is 5.27. The lowest BCUT2D eigenvalue weighted by molar-refractivity contribution is 0.246. The standard InChI is InChI=1S/C15H18F2N2O2/c1-10(2)7-18-8-13-6-15(21-19-13)9-20-14-4-11(16)3-12(17)5-14/h3-6,10,18H,7-9H2,1-2H3. The molecule has 0 radical (unpaired) electrons. The lowest BCUT2D eigenvalue weighted by Gasteiger charge is -2.04. The number of nitrogens with one attached hydrogen (secondary N) is 1. The van der Waals surface area contributed by atoms with Crippen molar-refractivity contribution in [3.63, 3.8) is 0 Å². The number of nitrogens with zero attached hydrogens (tertiary/aromatic N) is 1. The van der Waals surface area contributed by atoms with Crippen LogP contribution in [0.15, 0.2) is 28.8 Å². The van der Waals surface area contributed by atoms with E-state index < -0.39 is 11.6 Å². The van der Waals surface area contributed by atoms with Gasteiger partial charge in [0.25, 0.3) is 0 Å². The maximum absolute atomic E-state index is 13.0. The molecule has 2 aromatic rings. The molecule has 0 atom stereocenters. The molecule has 0 aliphatic heterocycles. The maximum atomic E-state index is 13.0. The van der Waals surface area contributed by atoms with Gasteiger partial charge in [-0.25, -0.2) is 8.78 Å². The van der Waals surface area contributed by atoms with Crippen molar-refractivity contribution in [3.8, 4) is 5.75 Å². The summed E-state index contributed by atoms with van der Waals surface area (Å²) in [5.41, 5.74) is 0.764. The molecule has 1 aromatic heterocycles. The second-order valence-corrected chi connectivity index (χ2v) is 5.20. The lowest BCUT2D eigenvalue weighted by Crippen LogP contribution is -2.19. The van der Waals surface area contributed by atoms with Gasteiger partial charge in [-0.15, -0.1) is 0 Å². The molecule has 1 heterocycles. The molecule has 0 unspecified atom stereocenters. The van der Waals surface area contributed by atoms with Gasteiger partial charge in [0, 0.05) is 30.8 Å². The molecule has 4 nitrogen and oxygen atoms in total. The van der Waals surface area contributed by atoms with E-state index in [0.717, 1.165) is 30.4 Å². The summed E-state index contributed by atoms with van der Waals surface area (Å²) in [7, 11) is 0. The number of halogens is 2. The number of rotatable bonds is 7. The van der Waals surface area contributed by atoms with E-state index in [-0.39, 0.29) is 12.4 Å². The van der Waals surface area contributed by atoms with Crippen LogP contribution >= 0.6 is 0 Å². The van der Waals surface area contributed by atoms with Gasteiger partial charge >= 0.3 is 0 Å². The molecular formula is C15H18F2N2O2. The fourth-order valence-corrected chi connectivity index (χ4v) is 1.76. The predicted octanol–water partition coefficient (Wildman–Crippen LogP) is 3.28. The molecule has 0 saturated heterocycles. The van der Waals surface area contributed by atoms with Crippen molar-refractivity contribution >= 4 is 0 Å². The molecule has 21 heavy (non-hydrogen) atoms. The molecule has 1 N–H and O–H groups in total. The first-order valence-corrected chi connectivity index (χ1v) is 6.77. The molecule has 2 rings (SSSR count). The molecule has 1 aromatic carbocycles. The van der Waals surface area contributed by atoms with E-state index in [1.54, 1.807) is 6.07 Å². The average molecular weight is 296 g/mol. The Hall–Kier alpha value is -1.95. The lowest BCUT2D eigenvalue weighted by atomic mass is 10.2.